The maximum atomic E-state index is 12.6. The van der Waals surface area contributed by atoms with Crippen molar-refractivity contribution in [3.8, 4) is 0 Å². The predicted molar refractivity (Wildman–Crippen MR) is 121 cm³/mol. The fourth-order valence-electron chi connectivity index (χ4n) is 2.47. The molecule has 7 nitrogen and oxygen atoms in total. The van der Waals surface area contributed by atoms with Crippen LogP contribution in [0.4, 0.5) is 11.5 Å². The van der Waals surface area contributed by atoms with Crippen molar-refractivity contribution in [3.05, 3.63) is 52.5 Å². The summed E-state index contributed by atoms with van der Waals surface area (Å²) >= 11 is 7.81. The number of hydrogen-bond donors (Lipinski definition) is 2. The topological polar surface area (TPSA) is 115 Å². The Morgan fingerprint density at radius 1 is 1.23 bits per heavy atom. The average Bonchev–Trinajstić information content (AvgIpc) is 3.14. The minimum absolute atomic E-state index is 0.0536. The first-order valence-corrected chi connectivity index (χ1v) is 12.5. The molecule has 3 aromatic rings. The summed E-state index contributed by atoms with van der Waals surface area (Å²) in [6.45, 7) is 4.20. The smallest absolute Gasteiger partial charge is 0.234 e. The van der Waals surface area contributed by atoms with Gasteiger partial charge in [-0.2, -0.15) is 0 Å². The summed E-state index contributed by atoms with van der Waals surface area (Å²) in [5, 5.41) is 3.01. The van der Waals surface area contributed by atoms with Crippen molar-refractivity contribution in [2.45, 2.75) is 34.0 Å². The van der Waals surface area contributed by atoms with E-state index < -0.39 is 9.84 Å². The van der Waals surface area contributed by atoms with Crippen LogP contribution in [0, 0.1) is 0 Å². The number of carbonyl (C=O) groups excluding carboxylic acids is 1. The van der Waals surface area contributed by atoms with Crippen LogP contribution in [0.25, 0.3) is 0 Å². The number of sulfone groups is 1. The molecular formula is C19H19ClN4O3S3. The Morgan fingerprint density at radius 3 is 2.50 bits per heavy atom. The molecule has 0 fully saturated rings. The number of nitrogen functional groups attached to an aromatic ring is 1. The van der Waals surface area contributed by atoms with Crippen molar-refractivity contribution in [3.63, 3.8) is 0 Å². The lowest BCUT2D eigenvalue weighted by Crippen LogP contribution is -2.14. The predicted octanol–water partition coefficient (Wildman–Crippen LogP) is 4.46. The molecule has 0 aliphatic carbocycles. The van der Waals surface area contributed by atoms with Gasteiger partial charge in [0.25, 0.3) is 0 Å². The molecule has 2 heterocycles. The van der Waals surface area contributed by atoms with Crippen LogP contribution < -0.4 is 11.1 Å². The first-order valence-electron chi connectivity index (χ1n) is 8.82. The molecule has 1 aromatic carbocycles. The van der Waals surface area contributed by atoms with Crippen LogP contribution >= 0.6 is 34.7 Å². The van der Waals surface area contributed by atoms with Gasteiger partial charge in [-0.15, -0.1) is 11.3 Å². The number of anilines is 2. The summed E-state index contributed by atoms with van der Waals surface area (Å²) < 4.78 is 25.7. The van der Waals surface area contributed by atoms with Crippen LogP contribution in [0.5, 0.6) is 0 Å². The quantitative estimate of drug-likeness (QED) is 0.377. The molecule has 0 saturated heterocycles. The lowest BCUT2D eigenvalue weighted by molar-refractivity contribution is -0.113. The number of nitrogens with one attached hydrogen (secondary N) is 1. The minimum Gasteiger partial charge on any atom is -0.382 e. The van der Waals surface area contributed by atoms with Gasteiger partial charge in [0.05, 0.1) is 16.3 Å². The molecule has 0 spiro atoms. The summed E-state index contributed by atoms with van der Waals surface area (Å²) in [6.07, 6.45) is 1.15. The Balaban J connectivity index is 1.63. The molecule has 0 unspecified atom stereocenters. The van der Waals surface area contributed by atoms with Gasteiger partial charge < -0.3 is 11.1 Å². The molecular weight excluding hydrogens is 464 g/mol. The number of halogens is 1. The number of hydrogen-bond acceptors (Lipinski definition) is 8. The fraction of sp³-hybridized carbons (Fsp3) is 0.211. The molecule has 3 rings (SSSR count). The monoisotopic (exact) mass is 482 g/mol. The van der Waals surface area contributed by atoms with E-state index in [9.17, 15) is 13.2 Å². The van der Waals surface area contributed by atoms with Crippen LogP contribution in [0.3, 0.4) is 0 Å². The molecule has 158 valence electrons. The van der Waals surface area contributed by atoms with Gasteiger partial charge in [-0.1, -0.05) is 49.3 Å². The van der Waals surface area contributed by atoms with Gasteiger partial charge in [-0.3, -0.25) is 4.79 Å². The van der Waals surface area contributed by atoms with Crippen molar-refractivity contribution < 1.29 is 13.2 Å². The first-order chi connectivity index (χ1) is 14.2. The second-order valence-corrected chi connectivity index (χ2v) is 11.4. The van der Waals surface area contributed by atoms with Crippen LogP contribution in [0.1, 0.15) is 25.3 Å². The number of benzene rings is 1. The van der Waals surface area contributed by atoms with E-state index in [-0.39, 0.29) is 31.7 Å². The standard InChI is InChI=1S/C19H19ClN4O3S3/c1-11(2)12-3-5-13(6-4-12)23-16(25)10-28-19-22-9-14(18(21)24-19)30(26,27)17-8-7-15(20)29-17/h3-9,11H,10H2,1-2H3,(H,23,25)(H2,21,22,24). The number of amides is 1. The molecule has 2 aromatic heterocycles. The highest BCUT2D eigenvalue weighted by Crippen LogP contribution is 2.32. The molecule has 0 radical (unpaired) electrons. The first kappa shape index (κ1) is 22.5. The second kappa shape index (κ2) is 9.34. The minimum atomic E-state index is -3.85. The van der Waals surface area contributed by atoms with Crippen LogP contribution in [-0.2, 0) is 14.6 Å². The van der Waals surface area contributed by atoms with Crippen molar-refractivity contribution in [1.29, 1.82) is 0 Å². The van der Waals surface area contributed by atoms with Crippen LogP contribution in [0.2, 0.25) is 4.34 Å². The number of rotatable bonds is 7. The molecule has 0 aliphatic heterocycles. The molecule has 0 aliphatic rings. The Hall–Kier alpha value is -2.14. The lowest BCUT2D eigenvalue weighted by atomic mass is 10.0. The van der Waals surface area contributed by atoms with E-state index >= 15 is 0 Å². The zero-order valence-corrected chi connectivity index (χ0v) is 19.3. The lowest BCUT2D eigenvalue weighted by Gasteiger charge is -2.09. The van der Waals surface area contributed by atoms with Gasteiger partial charge in [0.15, 0.2) is 5.16 Å². The maximum Gasteiger partial charge on any atom is 0.234 e. The van der Waals surface area contributed by atoms with E-state index in [0.29, 0.717) is 15.9 Å². The Labute approximate surface area is 188 Å². The van der Waals surface area contributed by atoms with E-state index in [1.54, 1.807) is 0 Å². The van der Waals surface area contributed by atoms with Gasteiger partial charge in [-0.05, 0) is 35.7 Å². The summed E-state index contributed by atoms with van der Waals surface area (Å²) in [5.74, 6) is 0.0560. The third-order valence-corrected chi connectivity index (χ3v) is 8.41. The molecule has 0 bridgehead atoms. The summed E-state index contributed by atoms with van der Waals surface area (Å²) in [6, 6.07) is 10.5. The largest absolute Gasteiger partial charge is 0.382 e. The second-order valence-electron chi connectivity index (χ2n) is 6.58. The van der Waals surface area contributed by atoms with E-state index in [1.165, 1.54) is 17.7 Å². The third-order valence-electron chi connectivity index (χ3n) is 4.06. The molecule has 11 heteroatoms. The molecule has 3 N–H and O–H groups in total. The van der Waals surface area contributed by atoms with E-state index in [0.717, 1.165) is 29.3 Å². The SMILES string of the molecule is CC(C)c1ccc(NC(=O)CSc2ncc(S(=O)(=O)c3ccc(Cl)s3)c(N)n2)cc1. The van der Waals surface area contributed by atoms with E-state index in [1.807, 2.05) is 24.3 Å². The fourth-order valence-corrected chi connectivity index (χ4v) is 5.96. The molecule has 1 amide bonds. The van der Waals surface area contributed by atoms with Gasteiger partial charge >= 0.3 is 0 Å². The number of thiophene rings is 1. The number of thioether (sulfide) groups is 1. The summed E-state index contributed by atoms with van der Waals surface area (Å²) in [7, 11) is -3.85. The van der Waals surface area contributed by atoms with Crippen LogP contribution in [-0.4, -0.2) is 30.0 Å². The molecule has 0 saturated carbocycles. The Morgan fingerprint density at radius 2 is 1.93 bits per heavy atom. The third kappa shape index (κ3) is 5.31. The van der Waals surface area contributed by atoms with Crippen molar-refractivity contribution >= 4 is 61.9 Å². The summed E-state index contributed by atoms with van der Waals surface area (Å²) in [5.41, 5.74) is 7.73. The van der Waals surface area contributed by atoms with E-state index in [2.05, 4.69) is 29.1 Å². The molecule has 0 atom stereocenters. The van der Waals surface area contributed by atoms with Crippen molar-refractivity contribution in [2.75, 3.05) is 16.8 Å². The summed E-state index contributed by atoms with van der Waals surface area (Å²) in [4.78, 5) is 20.0. The highest BCUT2D eigenvalue weighted by molar-refractivity contribution is 7.99. The van der Waals surface area contributed by atoms with E-state index in [4.69, 9.17) is 17.3 Å². The Kier molecular flexibility index (Phi) is 7.02. The number of nitrogens with zero attached hydrogens (tertiary/aromatic N) is 2. The van der Waals surface area contributed by atoms with Gasteiger partial charge in [0, 0.05) is 5.69 Å². The number of carbonyl (C=O) groups is 1. The average molecular weight is 483 g/mol. The Bertz CT molecular complexity index is 1160. The molecule has 30 heavy (non-hydrogen) atoms. The number of nitrogens with two attached hydrogens (primary N) is 1. The maximum absolute atomic E-state index is 12.6. The van der Waals surface area contributed by atoms with Gasteiger partial charge in [-0.25, -0.2) is 18.4 Å². The normalized spacial score (nSPS) is 11.6. The van der Waals surface area contributed by atoms with Crippen molar-refractivity contribution in [1.82, 2.24) is 9.97 Å². The highest BCUT2D eigenvalue weighted by atomic mass is 35.5. The van der Waals surface area contributed by atoms with Crippen LogP contribution in [0.15, 0.2) is 56.9 Å². The van der Waals surface area contributed by atoms with Crippen molar-refractivity contribution in [2.24, 2.45) is 0 Å². The zero-order chi connectivity index (χ0) is 21.9. The van der Waals surface area contributed by atoms with Gasteiger partial charge in [0.2, 0.25) is 15.7 Å². The number of aromatic nitrogens is 2. The zero-order valence-electron chi connectivity index (χ0n) is 16.1. The highest BCUT2D eigenvalue weighted by Gasteiger charge is 2.24. The van der Waals surface area contributed by atoms with Gasteiger partial charge in [0.1, 0.15) is 14.9 Å².